The maximum Gasteiger partial charge on any atom is 0.191 e. The fourth-order valence-corrected chi connectivity index (χ4v) is 3.37. The third-order valence-electron chi connectivity index (χ3n) is 5.03. The van der Waals surface area contributed by atoms with Crippen LogP contribution in [0.4, 0.5) is 0 Å². The van der Waals surface area contributed by atoms with Gasteiger partial charge < -0.3 is 15.4 Å². The highest BCUT2D eigenvalue weighted by Gasteiger charge is 2.14. The lowest BCUT2D eigenvalue weighted by atomic mass is 10.1. The smallest absolute Gasteiger partial charge is 0.191 e. The molecule has 2 N–H and O–H groups in total. The van der Waals surface area contributed by atoms with Crippen molar-refractivity contribution in [3.8, 4) is 0 Å². The van der Waals surface area contributed by atoms with Gasteiger partial charge in [-0.1, -0.05) is 31.2 Å². The molecule has 0 saturated heterocycles. The zero-order valence-corrected chi connectivity index (χ0v) is 21.6. The molecular formula is C23H38IN5O. The molecule has 7 heteroatoms. The van der Waals surface area contributed by atoms with E-state index in [1.807, 2.05) is 11.7 Å². The molecule has 0 saturated carbocycles. The van der Waals surface area contributed by atoms with Crippen LogP contribution in [-0.4, -0.2) is 34.9 Å². The molecule has 1 aromatic carbocycles. The highest BCUT2D eigenvalue weighted by molar-refractivity contribution is 14.0. The summed E-state index contributed by atoms with van der Waals surface area (Å²) in [5.74, 6) is 0.837. The van der Waals surface area contributed by atoms with Gasteiger partial charge in [0.2, 0.25) is 0 Å². The van der Waals surface area contributed by atoms with Crippen LogP contribution in [0.5, 0.6) is 0 Å². The number of guanidine groups is 1. The van der Waals surface area contributed by atoms with E-state index >= 15 is 0 Å². The van der Waals surface area contributed by atoms with Crippen LogP contribution in [0.3, 0.4) is 0 Å². The van der Waals surface area contributed by atoms with E-state index in [4.69, 9.17) is 9.73 Å². The second kappa shape index (κ2) is 13.6. The predicted octanol–water partition coefficient (Wildman–Crippen LogP) is 4.27. The van der Waals surface area contributed by atoms with Crippen molar-refractivity contribution in [1.82, 2.24) is 20.4 Å². The van der Waals surface area contributed by atoms with E-state index in [-0.39, 0.29) is 30.0 Å². The zero-order valence-electron chi connectivity index (χ0n) is 19.3. The molecule has 1 heterocycles. The minimum absolute atomic E-state index is 0. The topological polar surface area (TPSA) is 63.5 Å². The van der Waals surface area contributed by atoms with Gasteiger partial charge in [-0.25, -0.2) is 4.99 Å². The van der Waals surface area contributed by atoms with Gasteiger partial charge >= 0.3 is 0 Å². The van der Waals surface area contributed by atoms with E-state index in [1.165, 1.54) is 22.4 Å². The number of aliphatic imine (C=N–C) groups is 1. The maximum atomic E-state index is 5.73. The second-order valence-electron chi connectivity index (χ2n) is 7.54. The Balaban J connectivity index is 0.00000450. The van der Waals surface area contributed by atoms with E-state index in [0.717, 1.165) is 37.6 Å². The van der Waals surface area contributed by atoms with Gasteiger partial charge in [0.15, 0.2) is 5.96 Å². The summed E-state index contributed by atoms with van der Waals surface area (Å²) in [5, 5.41) is 11.4. The monoisotopic (exact) mass is 527 g/mol. The van der Waals surface area contributed by atoms with E-state index < -0.39 is 0 Å². The summed E-state index contributed by atoms with van der Waals surface area (Å²) in [5.41, 5.74) is 6.03. The third-order valence-corrected chi connectivity index (χ3v) is 5.03. The summed E-state index contributed by atoms with van der Waals surface area (Å²) in [6.07, 6.45) is 1.94. The summed E-state index contributed by atoms with van der Waals surface area (Å²) in [7, 11) is 2.00. The Bertz CT molecular complexity index is 803. The molecule has 30 heavy (non-hydrogen) atoms. The molecule has 2 aromatic rings. The van der Waals surface area contributed by atoms with Crippen LogP contribution in [0, 0.1) is 13.8 Å². The molecule has 0 amide bonds. The molecule has 1 unspecified atom stereocenters. The molecule has 1 atom stereocenters. The number of hydrogen-bond donors (Lipinski definition) is 2. The first-order valence-corrected chi connectivity index (χ1v) is 10.6. The molecule has 0 aliphatic carbocycles. The Labute approximate surface area is 198 Å². The predicted molar refractivity (Wildman–Crippen MR) is 136 cm³/mol. The largest absolute Gasteiger partial charge is 0.377 e. The average Bonchev–Trinajstić information content (AvgIpc) is 2.93. The van der Waals surface area contributed by atoms with Crippen molar-refractivity contribution >= 4 is 29.9 Å². The molecule has 0 fully saturated rings. The Kier molecular flexibility index (Phi) is 12.0. The van der Waals surface area contributed by atoms with Crippen molar-refractivity contribution in [2.45, 2.75) is 66.7 Å². The van der Waals surface area contributed by atoms with Crippen molar-refractivity contribution in [1.29, 1.82) is 0 Å². The molecule has 0 aliphatic heterocycles. The van der Waals surface area contributed by atoms with Crippen LogP contribution in [0.25, 0.3) is 0 Å². The number of aromatic nitrogens is 2. The van der Waals surface area contributed by atoms with Gasteiger partial charge in [0.1, 0.15) is 0 Å². The number of halogens is 1. The molecule has 6 nitrogen and oxygen atoms in total. The van der Waals surface area contributed by atoms with Crippen molar-refractivity contribution in [2.75, 3.05) is 13.2 Å². The van der Waals surface area contributed by atoms with Crippen molar-refractivity contribution in [3.05, 3.63) is 52.3 Å². The standard InChI is InChI=1S/C23H37N5O.HI/c1-7-13-29-16-21-12-10-9-11-20(21)15-25-23(24-8-2)26-17(3)14-22-18(4)27-28(6)19(22)5;/h9-12,17H,7-8,13-16H2,1-6H3,(H2,24,25,26);1H. The Morgan fingerprint density at radius 1 is 1.20 bits per heavy atom. The first-order valence-electron chi connectivity index (χ1n) is 10.6. The van der Waals surface area contributed by atoms with Crippen molar-refractivity contribution < 1.29 is 4.74 Å². The van der Waals surface area contributed by atoms with Gasteiger partial charge in [-0.3, -0.25) is 4.68 Å². The minimum atomic E-state index is 0. The lowest BCUT2D eigenvalue weighted by Gasteiger charge is -2.18. The van der Waals surface area contributed by atoms with Crippen molar-refractivity contribution in [2.24, 2.45) is 12.0 Å². The number of rotatable bonds is 10. The van der Waals surface area contributed by atoms with Crippen molar-refractivity contribution in [3.63, 3.8) is 0 Å². The number of aryl methyl sites for hydroxylation is 2. The van der Waals surface area contributed by atoms with Crippen LogP contribution in [-0.2, 0) is 31.4 Å². The van der Waals surface area contributed by atoms with Crippen LogP contribution in [0.15, 0.2) is 29.3 Å². The van der Waals surface area contributed by atoms with Gasteiger partial charge in [0, 0.05) is 31.9 Å². The second-order valence-corrected chi connectivity index (χ2v) is 7.54. The Morgan fingerprint density at radius 2 is 1.90 bits per heavy atom. The van der Waals surface area contributed by atoms with E-state index in [9.17, 15) is 0 Å². The summed E-state index contributed by atoms with van der Waals surface area (Å²) < 4.78 is 7.68. The zero-order chi connectivity index (χ0) is 21.2. The van der Waals surface area contributed by atoms with Gasteiger partial charge in [-0.2, -0.15) is 5.10 Å². The average molecular weight is 527 g/mol. The summed E-state index contributed by atoms with van der Waals surface area (Å²) >= 11 is 0. The first kappa shape index (κ1) is 26.4. The van der Waals surface area contributed by atoms with E-state index in [2.05, 4.69) is 74.6 Å². The fourth-order valence-electron chi connectivity index (χ4n) is 3.37. The summed E-state index contributed by atoms with van der Waals surface area (Å²) in [6.45, 7) is 13.5. The first-order chi connectivity index (χ1) is 14.0. The Morgan fingerprint density at radius 3 is 2.50 bits per heavy atom. The van der Waals surface area contributed by atoms with E-state index in [0.29, 0.717) is 13.2 Å². The molecule has 2 rings (SSSR count). The van der Waals surface area contributed by atoms with Gasteiger partial charge in [-0.05, 0) is 57.2 Å². The highest BCUT2D eigenvalue weighted by Crippen LogP contribution is 2.14. The van der Waals surface area contributed by atoms with Gasteiger partial charge in [0.25, 0.3) is 0 Å². The number of ether oxygens (including phenoxy) is 1. The third kappa shape index (κ3) is 7.91. The normalized spacial score (nSPS) is 12.4. The molecule has 0 aliphatic rings. The van der Waals surface area contributed by atoms with Crippen LogP contribution >= 0.6 is 24.0 Å². The number of hydrogen-bond acceptors (Lipinski definition) is 3. The number of nitrogens with zero attached hydrogens (tertiary/aromatic N) is 3. The number of benzene rings is 1. The summed E-state index contributed by atoms with van der Waals surface area (Å²) in [6, 6.07) is 8.62. The molecule has 168 valence electrons. The highest BCUT2D eigenvalue weighted by atomic mass is 127. The van der Waals surface area contributed by atoms with Crippen LogP contribution < -0.4 is 10.6 Å². The maximum absolute atomic E-state index is 5.73. The van der Waals surface area contributed by atoms with Gasteiger partial charge in [-0.15, -0.1) is 24.0 Å². The molecule has 0 bridgehead atoms. The summed E-state index contributed by atoms with van der Waals surface area (Å²) in [4.78, 5) is 4.82. The lowest BCUT2D eigenvalue weighted by Crippen LogP contribution is -2.43. The lowest BCUT2D eigenvalue weighted by molar-refractivity contribution is 0.121. The Hall–Kier alpha value is -1.61. The molecular weight excluding hydrogens is 489 g/mol. The van der Waals surface area contributed by atoms with Crippen LogP contribution in [0.1, 0.15) is 55.3 Å². The fraction of sp³-hybridized carbons (Fsp3) is 0.565. The molecule has 0 radical (unpaired) electrons. The minimum Gasteiger partial charge on any atom is -0.377 e. The quantitative estimate of drug-likeness (QED) is 0.210. The van der Waals surface area contributed by atoms with Crippen LogP contribution in [0.2, 0.25) is 0 Å². The molecule has 1 aromatic heterocycles. The molecule has 0 spiro atoms. The van der Waals surface area contributed by atoms with Gasteiger partial charge in [0.05, 0.1) is 18.8 Å². The van der Waals surface area contributed by atoms with E-state index in [1.54, 1.807) is 0 Å². The number of nitrogens with one attached hydrogen (secondary N) is 2. The SMILES string of the molecule is CCCOCc1ccccc1CN=C(NCC)NC(C)Cc1c(C)nn(C)c1C.I.